The van der Waals surface area contributed by atoms with Crippen LogP contribution in [0.3, 0.4) is 0 Å². The summed E-state index contributed by atoms with van der Waals surface area (Å²) in [5.74, 6) is 0. The number of halogens is 3. The summed E-state index contributed by atoms with van der Waals surface area (Å²) in [5.41, 5.74) is 0. The van der Waals surface area contributed by atoms with Gasteiger partial charge < -0.3 is 20.1 Å². The number of aliphatic hydroxyl groups excluding tert-OH is 3. The number of alkyl halides is 3. The van der Waals surface area contributed by atoms with Gasteiger partial charge in [0.1, 0.15) is 12.2 Å². The topological polar surface area (TPSA) is 82.3 Å². The minimum atomic E-state index is -4.21. The zero-order valence-corrected chi connectivity index (χ0v) is 12.8. The average Bonchev–Trinajstić information content (AvgIpc) is 2.40. The van der Waals surface area contributed by atoms with Crippen molar-refractivity contribution in [2.75, 3.05) is 26.0 Å². The van der Waals surface area contributed by atoms with Gasteiger partial charge in [0.25, 0.3) is 0 Å². The molecule has 21 heavy (non-hydrogen) atoms. The molecule has 0 rings (SSSR count). The van der Waals surface area contributed by atoms with Gasteiger partial charge in [-0.3, -0.25) is 4.99 Å². The van der Waals surface area contributed by atoms with Gasteiger partial charge in [-0.25, -0.2) is 0 Å². The highest BCUT2D eigenvalue weighted by molar-refractivity contribution is 8.13. The van der Waals surface area contributed by atoms with E-state index in [1.54, 1.807) is 6.26 Å². The lowest BCUT2D eigenvalue weighted by molar-refractivity contribution is -0.132. The van der Waals surface area contributed by atoms with Crippen LogP contribution in [0.15, 0.2) is 4.99 Å². The largest absolute Gasteiger partial charge is 0.394 e. The molecule has 0 heterocycles. The van der Waals surface area contributed by atoms with Crippen LogP contribution in [0, 0.1) is 0 Å². The second-order valence-corrected chi connectivity index (χ2v) is 5.30. The fraction of sp³-hybridized carbons (Fsp3) is 0.917. The lowest BCUT2D eigenvalue weighted by Crippen LogP contribution is -2.40. The number of nitrogens with zero attached hydrogens (tertiary/aromatic N) is 1. The molecule has 0 saturated heterocycles. The fourth-order valence-electron chi connectivity index (χ4n) is 1.44. The third-order valence-electron chi connectivity index (χ3n) is 2.62. The third kappa shape index (κ3) is 10.1. The molecule has 5 nitrogen and oxygen atoms in total. The Morgan fingerprint density at radius 3 is 2.38 bits per heavy atom. The van der Waals surface area contributed by atoms with Crippen molar-refractivity contribution < 1.29 is 33.2 Å². The number of rotatable bonds is 9. The number of ether oxygens (including phenoxy) is 1. The molecule has 0 unspecified atom stereocenters. The molecule has 0 aliphatic carbocycles. The van der Waals surface area contributed by atoms with Gasteiger partial charge in [0.2, 0.25) is 0 Å². The van der Waals surface area contributed by atoms with Crippen LogP contribution in [0.1, 0.15) is 19.8 Å². The average molecular weight is 333 g/mol. The van der Waals surface area contributed by atoms with Gasteiger partial charge in [-0.15, -0.1) is 11.8 Å². The van der Waals surface area contributed by atoms with Crippen molar-refractivity contribution in [2.24, 2.45) is 4.99 Å². The number of aliphatic hydroxyl groups is 3. The molecule has 3 atom stereocenters. The highest BCUT2D eigenvalue weighted by Gasteiger charge is 2.27. The maximum Gasteiger partial charge on any atom is 0.389 e. The van der Waals surface area contributed by atoms with Crippen molar-refractivity contribution in [2.45, 2.75) is 44.3 Å². The summed E-state index contributed by atoms with van der Waals surface area (Å²) in [6.07, 6.45) is -6.91. The first kappa shape index (κ1) is 20.6. The maximum atomic E-state index is 12.1. The van der Waals surface area contributed by atoms with Crippen LogP contribution in [0.25, 0.3) is 0 Å². The van der Waals surface area contributed by atoms with E-state index < -0.39 is 37.5 Å². The van der Waals surface area contributed by atoms with E-state index in [2.05, 4.69) is 4.99 Å². The molecule has 3 N–H and O–H groups in total. The highest BCUT2D eigenvalue weighted by atomic mass is 32.2. The fourth-order valence-corrected chi connectivity index (χ4v) is 1.97. The summed E-state index contributed by atoms with van der Waals surface area (Å²) in [4.78, 5) is 3.98. The molecular formula is C12H22F3NO4S. The van der Waals surface area contributed by atoms with Gasteiger partial charge in [0.05, 0.1) is 30.9 Å². The monoisotopic (exact) mass is 333 g/mol. The zero-order chi connectivity index (χ0) is 16.5. The minimum Gasteiger partial charge on any atom is -0.394 e. The molecule has 0 saturated carbocycles. The van der Waals surface area contributed by atoms with E-state index in [1.165, 1.54) is 6.92 Å². The van der Waals surface area contributed by atoms with Crippen LogP contribution in [-0.4, -0.2) is 70.9 Å². The number of aliphatic imine (C=N–C) groups is 1. The van der Waals surface area contributed by atoms with E-state index in [9.17, 15) is 23.4 Å². The van der Waals surface area contributed by atoms with Crippen molar-refractivity contribution in [3.63, 3.8) is 0 Å². The summed E-state index contributed by atoms with van der Waals surface area (Å²) < 4.78 is 41.4. The zero-order valence-electron chi connectivity index (χ0n) is 12.0. The van der Waals surface area contributed by atoms with Crippen molar-refractivity contribution in [1.29, 1.82) is 0 Å². The summed E-state index contributed by atoms with van der Waals surface area (Å²) in [7, 11) is 0. The SMILES string of the molecule is CSC(CCC(F)(F)F)=NCCO[C@H](CO)[C@@H](O)[C@@H](C)O. The quantitative estimate of drug-likeness (QED) is 0.336. The van der Waals surface area contributed by atoms with Gasteiger partial charge in [-0.2, -0.15) is 13.2 Å². The Bertz CT molecular complexity index is 313. The van der Waals surface area contributed by atoms with Crippen LogP contribution in [-0.2, 0) is 4.74 Å². The highest BCUT2D eigenvalue weighted by Crippen LogP contribution is 2.23. The molecule has 0 amide bonds. The molecule has 126 valence electrons. The minimum absolute atomic E-state index is 0.0328. The van der Waals surface area contributed by atoms with Crippen LogP contribution in [0.5, 0.6) is 0 Å². The van der Waals surface area contributed by atoms with Gasteiger partial charge in [-0.05, 0) is 13.2 Å². The Kier molecular flexibility index (Phi) is 10.2. The lowest BCUT2D eigenvalue weighted by Gasteiger charge is -2.23. The molecule has 0 aliphatic rings. The predicted molar refractivity (Wildman–Crippen MR) is 75.6 cm³/mol. The van der Waals surface area contributed by atoms with Gasteiger partial charge in [-0.1, -0.05) is 0 Å². The normalized spacial score (nSPS) is 17.6. The molecule has 0 aliphatic heterocycles. The van der Waals surface area contributed by atoms with E-state index in [4.69, 9.17) is 9.84 Å². The molecule has 0 fully saturated rings. The van der Waals surface area contributed by atoms with Crippen molar-refractivity contribution in [3.8, 4) is 0 Å². The first-order valence-corrected chi connectivity index (χ1v) is 7.66. The van der Waals surface area contributed by atoms with Crippen molar-refractivity contribution in [3.05, 3.63) is 0 Å². The summed E-state index contributed by atoms with van der Waals surface area (Å²) in [6, 6.07) is 0. The molecule has 0 aromatic heterocycles. The lowest BCUT2D eigenvalue weighted by atomic mass is 10.1. The standard InChI is InChI=1S/C12H22F3NO4S/c1-8(18)11(19)9(7-17)20-6-5-16-10(21-2)3-4-12(13,14)15/h8-9,11,17-19H,3-7H2,1-2H3/t8-,9-,11+/m1/s1. The summed E-state index contributed by atoms with van der Waals surface area (Å²) in [6.45, 7) is 1.04. The van der Waals surface area contributed by atoms with Crippen LogP contribution < -0.4 is 0 Å². The van der Waals surface area contributed by atoms with Gasteiger partial charge in [0, 0.05) is 12.8 Å². The molecular weight excluding hydrogens is 311 g/mol. The van der Waals surface area contributed by atoms with Gasteiger partial charge >= 0.3 is 6.18 Å². The molecule has 0 aromatic rings. The Labute approximate surface area is 126 Å². The first-order chi connectivity index (χ1) is 9.71. The van der Waals surface area contributed by atoms with Crippen molar-refractivity contribution in [1.82, 2.24) is 0 Å². The number of hydrogen-bond donors (Lipinski definition) is 3. The van der Waals surface area contributed by atoms with Crippen LogP contribution >= 0.6 is 11.8 Å². The molecule has 9 heteroatoms. The smallest absolute Gasteiger partial charge is 0.389 e. The van der Waals surface area contributed by atoms with Gasteiger partial charge in [0.15, 0.2) is 0 Å². The Hall–Kier alpha value is -0.350. The van der Waals surface area contributed by atoms with Crippen LogP contribution in [0.2, 0.25) is 0 Å². The Morgan fingerprint density at radius 1 is 1.33 bits per heavy atom. The van der Waals surface area contributed by atoms with E-state index in [0.29, 0.717) is 5.04 Å². The molecule has 0 spiro atoms. The molecule has 0 aromatic carbocycles. The molecule has 0 radical (unpaired) electrons. The van der Waals surface area contributed by atoms with Crippen LogP contribution in [0.4, 0.5) is 13.2 Å². The number of hydrogen-bond acceptors (Lipinski definition) is 6. The van der Waals surface area contributed by atoms with E-state index in [1.807, 2.05) is 0 Å². The predicted octanol–water partition coefficient (Wildman–Crippen LogP) is 1.21. The van der Waals surface area contributed by atoms with E-state index >= 15 is 0 Å². The Morgan fingerprint density at radius 2 is 1.95 bits per heavy atom. The first-order valence-electron chi connectivity index (χ1n) is 6.44. The maximum absolute atomic E-state index is 12.1. The third-order valence-corrected chi connectivity index (χ3v) is 3.43. The summed E-state index contributed by atoms with van der Waals surface area (Å²) >= 11 is 1.14. The number of thioether (sulfide) groups is 1. The van der Waals surface area contributed by atoms with E-state index in [0.717, 1.165) is 11.8 Å². The Balaban J connectivity index is 4.16. The second kappa shape index (κ2) is 10.4. The summed E-state index contributed by atoms with van der Waals surface area (Å²) in [5, 5.41) is 28.1. The van der Waals surface area contributed by atoms with Crippen molar-refractivity contribution >= 4 is 16.8 Å². The molecule has 0 bridgehead atoms. The van der Waals surface area contributed by atoms with E-state index in [-0.39, 0.29) is 19.6 Å². The second-order valence-electron chi connectivity index (χ2n) is 4.42.